The van der Waals surface area contributed by atoms with Crippen molar-refractivity contribution in [3.8, 4) is 0 Å². The molecular formula is C13H28Si. The molecule has 0 aliphatic carbocycles. The first-order chi connectivity index (χ1) is 6.91. The van der Waals surface area contributed by atoms with Gasteiger partial charge in [-0.15, -0.1) is 5.70 Å². The summed E-state index contributed by atoms with van der Waals surface area (Å²) in [7, 11) is 0.190. The van der Waals surface area contributed by atoms with E-state index in [4.69, 9.17) is 0 Å². The summed E-state index contributed by atoms with van der Waals surface area (Å²) < 4.78 is 0. The molecule has 0 spiro atoms. The van der Waals surface area contributed by atoms with Gasteiger partial charge in [0, 0.05) is 9.52 Å². The molecule has 0 rings (SSSR count). The summed E-state index contributed by atoms with van der Waals surface area (Å²) in [4.78, 5) is 0. The van der Waals surface area contributed by atoms with Gasteiger partial charge in [0.2, 0.25) is 0 Å². The van der Waals surface area contributed by atoms with Gasteiger partial charge in [-0.25, -0.2) is 0 Å². The van der Waals surface area contributed by atoms with E-state index in [2.05, 4.69) is 25.6 Å². The number of rotatable bonds is 10. The van der Waals surface area contributed by atoms with Crippen molar-refractivity contribution in [3.05, 3.63) is 11.8 Å². The van der Waals surface area contributed by atoms with Gasteiger partial charge in [0.05, 0.1) is 0 Å². The van der Waals surface area contributed by atoms with Crippen molar-refractivity contribution in [1.82, 2.24) is 0 Å². The molecule has 0 radical (unpaired) electrons. The second-order valence-electron chi connectivity index (χ2n) is 4.17. The van der Waals surface area contributed by atoms with Crippen molar-refractivity contribution in [2.75, 3.05) is 0 Å². The van der Waals surface area contributed by atoms with Crippen LogP contribution >= 0.6 is 0 Å². The summed E-state index contributed by atoms with van der Waals surface area (Å²) in [6.07, 6.45) is 13.8. The Labute approximate surface area is 93.0 Å². The SMILES string of the molecule is CCCCCCCCCC=C[SiH2]CC. The van der Waals surface area contributed by atoms with Crippen LogP contribution in [0.25, 0.3) is 0 Å². The minimum atomic E-state index is 0.190. The van der Waals surface area contributed by atoms with Gasteiger partial charge in [-0.05, 0) is 12.8 Å². The molecule has 0 saturated heterocycles. The van der Waals surface area contributed by atoms with Crippen molar-refractivity contribution in [1.29, 1.82) is 0 Å². The molecule has 0 unspecified atom stereocenters. The van der Waals surface area contributed by atoms with Crippen molar-refractivity contribution >= 4 is 9.52 Å². The van der Waals surface area contributed by atoms with Crippen LogP contribution in [0.5, 0.6) is 0 Å². The molecule has 0 N–H and O–H groups in total. The van der Waals surface area contributed by atoms with Gasteiger partial charge in [-0.1, -0.05) is 64.5 Å². The molecule has 0 atom stereocenters. The summed E-state index contributed by atoms with van der Waals surface area (Å²) in [5.74, 6) is 0. The maximum Gasteiger partial charge on any atom is 0.0447 e. The van der Waals surface area contributed by atoms with Gasteiger partial charge in [0.15, 0.2) is 0 Å². The minimum Gasteiger partial charge on any atom is -0.105 e. The fraction of sp³-hybridized carbons (Fsp3) is 0.846. The van der Waals surface area contributed by atoms with E-state index in [0.29, 0.717) is 0 Å². The second-order valence-corrected chi connectivity index (χ2v) is 6.22. The quantitative estimate of drug-likeness (QED) is 0.375. The lowest BCUT2D eigenvalue weighted by Crippen LogP contribution is -1.80. The summed E-state index contributed by atoms with van der Waals surface area (Å²) in [5.41, 5.74) is 2.47. The van der Waals surface area contributed by atoms with Gasteiger partial charge >= 0.3 is 0 Å². The largest absolute Gasteiger partial charge is 0.105 e. The average Bonchev–Trinajstić information content (AvgIpc) is 2.21. The smallest absolute Gasteiger partial charge is 0.0447 e. The van der Waals surface area contributed by atoms with Crippen LogP contribution < -0.4 is 0 Å². The Balaban J connectivity index is 2.91. The van der Waals surface area contributed by atoms with Gasteiger partial charge in [-0.2, -0.15) is 0 Å². The predicted molar refractivity (Wildman–Crippen MR) is 70.8 cm³/mol. The van der Waals surface area contributed by atoms with E-state index in [0.717, 1.165) is 0 Å². The molecule has 1 heteroatoms. The van der Waals surface area contributed by atoms with E-state index >= 15 is 0 Å². The summed E-state index contributed by atoms with van der Waals surface area (Å²) >= 11 is 0. The van der Waals surface area contributed by atoms with Crippen LogP contribution in [-0.2, 0) is 0 Å². The van der Waals surface area contributed by atoms with E-state index in [-0.39, 0.29) is 9.52 Å². The topological polar surface area (TPSA) is 0 Å². The molecule has 0 saturated carbocycles. The van der Waals surface area contributed by atoms with Crippen LogP contribution in [0.3, 0.4) is 0 Å². The fourth-order valence-corrected chi connectivity index (χ4v) is 2.43. The van der Waals surface area contributed by atoms with Crippen LogP contribution in [0.15, 0.2) is 11.8 Å². The highest BCUT2D eigenvalue weighted by Crippen LogP contribution is 2.08. The first-order valence-electron chi connectivity index (χ1n) is 6.56. The standard InChI is InChI=1S/C13H28Si/c1-3-5-6-7-8-9-10-11-12-13-14-4-2/h12-13H,3-11,14H2,1-2H3. The van der Waals surface area contributed by atoms with Crippen LogP contribution in [0.2, 0.25) is 6.04 Å². The lowest BCUT2D eigenvalue weighted by molar-refractivity contribution is 0.592. The van der Waals surface area contributed by atoms with Gasteiger partial charge < -0.3 is 0 Å². The lowest BCUT2D eigenvalue weighted by Gasteiger charge is -1.98. The molecule has 0 aliphatic heterocycles. The van der Waals surface area contributed by atoms with Gasteiger partial charge in [-0.3, -0.25) is 0 Å². The van der Waals surface area contributed by atoms with E-state index < -0.39 is 0 Å². The minimum absolute atomic E-state index is 0.190. The van der Waals surface area contributed by atoms with Crippen molar-refractivity contribution in [2.24, 2.45) is 0 Å². The fourth-order valence-electron chi connectivity index (χ4n) is 1.62. The zero-order chi connectivity index (χ0) is 10.5. The average molecular weight is 212 g/mol. The maximum absolute atomic E-state index is 2.47. The molecule has 0 nitrogen and oxygen atoms in total. The summed E-state index contributed by atoms with van der Waals surface area (Å²) in [6, 6.07) is 1.42. The predicted octanol–water partition coefficient (Wildman–Crippen LogP) is 4.25. The Morgan fingerprint density at radius 3 is 2.14 bits per heavy atom. The molecule has 0 aromatic carbocycles. The normalized spacial score (nSPS) is 12.1. The Bertz CT molecular complexity index is 118. The summed E-state index contributed by atoms with van der Waals surface area (Å²) in [5, 5.41) is 0. The molecule has 14 heavy (non-hydrogen) atoms. The molecule has 0 amide bonds. The highest BCUT2D eigenvalue weighted by Gasteiger charge is 1.88. The van der Waals surface area contributed by atoms with E-state index in [9.17, 15) is 0 Å². The third-order valence-corrected chi connectivity index (χ3v) is 3.84. The van der Waals surface area contributed by atoms with E-state index in [1.54, 1.807) is 0 Å². The molecule has 0 heterocycles. The first-order valence-corrected chi connectivity index (χ1v) is 8.38. The highest BCUT2D eigenvalue weighted by atomic mass is 28.2. The molecule has 0 aromatic rings. The summed E-state index contributed by atoms with van der Waals surface area (Å²) in [6.45, 7) is 4.58. The number of unbranched alkanes of at least 4 members (excludes halogenated alkanes) is 7. The maximum atomic E-state index is 2.47. The molecular weight excluding hydrogens is 184 g/mol. The Kier molecular flexibility index (Phi) is 12.9. The second kappa shape index (κ2) is 13.0. The van der Waals surface area contributed by atoms with Crippen LogP contribution in [0.4, 0.5) is 0 Å². The lowest BCUT2D eigenvalue weighted by atomic mass is 10.1. The number of hydrogen-bond acceptors (Lipinski definition) is 0. The van der Waals surface area contributed by atoms with Crippen LogP contribution in [0, 0.1) is 0 Å². The third kappa shape index (κ3) is 12.0. The Morgan fingerprint density at radius 2 is 1.50 bits per heavy atom. The molecule has 84 valence electrons. The zero-order valence-electron chi connectivity index (χ0n) is 10.2. The van der Waals surface area contributed by atoms with Crippen molar-refractivity contribution < 1.29 is 0 Å². The van der Waals surface area contributed by atoms with Crippen molar-refractivity contribution in [3.63, 3.8) is 0 Å². The molecule has 0 fully saturated rings. The highest BCUT2D eigenvalue weighted by molar-refractivity contribution is 6.41. The zero-order valence-corrected chi connectivity index (χ0v) is 11.6. The third-order valence-electron chi connectivity index (χ3n) is 2.60. The molecule has 0 bridgehead atoms. The monoisotopic (exact) mass is 212 g/mol. The van der Waals surface area contributed by atoms with Crippen LogP contribution in [-0.4, -0.2) is 9.52 Å². The first kappa shape index (κ1) is 14.0. The van der Waals surface area contributed by atoms with Gasteiger partial charge in [0.25, 0.3) is 0 Å². The molecule has 0 aliphatic rings. The molecule has 0 aromatic heterocycles. The van der Waals surface area contributed by atoms with E-state index in [1.165, 1.54) is 57.4 Å². The Hall–Kier alpha value is -0.0431. The number of hydrogen-bond donors (Lipinski definition) is 0. The number of allylic oxidation sites excluding steroid dienone is 1. The van der Waals surface area contributed by atoms with Gasteiger partial charge in [0.1, 0.15) is 0 Å². The Morgan fingerprint density at radius 1 is 0.857 bits per heavy atom. The van der Waals surface area contributed by atoms with E-state index in [1.807, 2.05) is 0 Å². The van der Waals surface area contributed by atoms with Crippen LogP contribution in [0.1, 0.15) is 65.2 Å². The van der Waals surface area contributed by atoms with Crippen molar-refractivity contribution in [2.45, 2.75) is 71.3 Å².